The van der Waals surface area contributed by atoms with E-state index >= 15 is 0 Å². The van der Waals surface area contributed by atoms with Crippen molar-refractivity contribution in [3.05, 3.63) is 28.2 Å². The van der Waals surface area contributed by atoms with E-state index < -0.39 is 6.10 Å². The highest BCUT2D eigenvalue weighted by Gasteiger charge is 2.07. The zero-order valence-corrected chi connectivity index (χ0v) is 9.63. The fourth-order valence-electron chi connectivity index (χ4n) is 1.04. The molecule has 1 aromatic carbocycles. The van der Waals surface area contributed by atoms with Crippen LogP contribution in [0.2, 0.25) is 10.0 Å². The Hall–Kier alpha value is -0.480. The lowest BCUT2D eigenvalue weighted by Gasteiger charge is -2.11. The normalized spacial score (nSPS) is 12.5. The molecular formula is C10H13Cl2NO2. The molecule has 1 aromatic rings. The van der Waals surface area contributed by atoms with Crippen molar-refractivity contribution in [3.63, 3.8) is 0 Å². The number of hydrogen-bond acceptors (Lipinski definition) is 3. The van der Waals surface area contributed by atoms with E-state index in [4.69, 9.17) is 33.7 Å². The van der Waals surface area contributed by atoms with Crippen LogP contribution in [0.1, 0.15) is 6.42 Å². The summed E-state index contributed by atoms with van der Waals surface area (Å²) in [6.07, 6.45) is -0.0934. The van der Waals surface area contributed by atoms with Crippen LogP contribution in [-0.2, 0) is 0 Å². The summed E-state index contributed by atoms with van der Waals surface area (Å²) in [5.41, 5.74) is 5.25. The molecule has 0 aliphatic carbocycles. The first-order valence-corrected chi connectivity index (χ1v) is 5.35. The van der Waals surface area contributed by atoms with Gasteiger partial charge in [-0.25, -0.2) is 0 Å². The average molecular weight is 250 g/mol. The van der Waals surface area contributed by atoms with Gasteiger partial charge in [0.1, 0.15) is 0 Å². The molecule has 0 saturated carbocycles. The first-order chi connectivity index (χ1) is 7.15. The van der Waals surface area contributed by atoms with Gasteiger partial charge in [-0.2, -0.15) is 0 Å². The molecule has 0 radical (unpaired) electrons. The van der Waals surface area contributed by atoms with Gasteiger partial charge in [0.25, 0.3) is 0 Å². The van der Waals surface area contributed by atoms with Crippen LogP contribution in [0.5, 0.6) is 5.75 Å². The van der Waals surface area contributed by atoms with Gasteiger partial charge in [-0.1, -0.05) is 29.3 Å². The third kappa shape index (κ3) is 3.87. The Labute approximate surface area is 98.7 Å². The SMILES string of the molecule is NCC(O)CCOc1c(Cl)cccc1Cl. The summed E-state index contributed by atoms with van der Waals surface area (Å²) in [6, 6.07) is 5.14. The van der Waals surface area contributed by atoms with E-state index in [-0.39, 0.29) is 6.54 Å². The van der Waals surface area contributed by atoms with Crippen LogP contribution >= 0.6 is 23.2 Å². The quantitative estimate of drug-likeness (QED) is 0.841. The summed E-state index contributed by atoms with van der Waals surface area (Å²) in [4.78, 5) is 0. The summed E-state index contributed by atoms with van der Waals surface area (Å²) < 4.78 is 5.36. The molecule has 0 aliphatic rings. The number of aliphatic hydroxyl groups excluding tert-OH is 1. The molecule has 84 valence electrons. The van der Waals surface area contributed by atoms with Gasteiger partial charge in [-0.05, 0) is 12.1 Å². The Morgan fingerprint density at radius 2 is 1.93 bits per heavy atom. The van der Waals surface area contributed by atoms with Crippen molar-refractivity contribution in [2.24, 2.45) is 5.73 Å². The van der Waals surface area contributed by atoms with Crippen molar-refractivity contribution in [1.29, 1.82) is 0 Å². The zero-order valence-electron chi connectivity index (χ0n) is 8.12. The van der Waals surface area contributed by atoms with Crippen molar-refractivity contribution < 1.29 is 9.84 Å². The first kappa shape index (κ1) is 12.6. The molecule has 1 rings (SSSR count). The van der Waals surface area contributed by atoms with Crippen LogP contribution in [0.25, 0.3) is 0 Å². The van der Waals surface area contributed by atoms with E-state index in [1.807, 2.05) is 0 Å². The largest absolute Gasteiger partial charge is 0.490 e. The minimum Gasteiger partial charge on any atom is -0.490 e. The summed E-state index contributed by atoms with van der Waals surface area (Å²) >= 11 is 11.8. The first-order valence-electron chi connectivity index (χ1n) is 4.60. The van der Waals surface area contributed by atoms with Gasteiger partial charge < -0.3 is 15.6 Å². The molecule has 0 aromatic heterocycles. The third-order valence-corrected chi connectivity index (χ3v) is 2.48. The topological polar surface area (TPSA) is 55.5 Å². The Bertz CT molecular complexity index is 300. The number of rotatable bonds is 5. The van der Waals surface area contributed by atoms with Crippen molar-refractivity contribution in [3.8, 4) is 5.75 Å². The van der Waals surface area contributed by atoms with Crippen LogP contribution in [0, 0.1) is 0 Å². The maximum absolute atomic E-state index is 9.20. The molecular weight excluding hydrogens is 237 g/mol. The monoisotopic (exact) mass is 249 g/mol. The van der Waals surface area contributed by atoms with E-state index in [0.29, 0.717) is 28.8 Å². The van der Waals surface area contributed by atoms with E-state index in [0.717, 1.165) is 0 Å². The molecule has 15 heavy (non-hydrogen) atoms. The van der Waals surface area contributed by atoms with Gasteiger partial charge in [0.2, 0.25) is 0 Å². The van der Waals surface area contributed by atoms with Crippen molar-refractivity contribution in [1.82, 2.24) is 0 Å². The standard InChI is InChI=1S/C10H13Cl2NO2/c11-8-2-1-3-9(12)10(8)15-5-4-7(14)6-13/h1-3,7,14H,4-6,13H2. The molecule has 0 saturated heterocycles. The highest BCUT2D eigenvalue weighted by Crippen LogP contribution is 2.32. The fourth-order valence-corrected chi connectivity index (χ4v) is 1.54. The van der Waals surface area contributed by atoms with Gasteiger partial charge >= 0.3 is 0 Å². The fraction of sp³-hybridized carbons (Fsp3) is 0.400. The summed E-state index contributed by atoms with van der Waals surface area (Å²) in [5.74, 6) is 0.449. The average Bonchev–Trinajstić information content (AvgIpc) is 2.22. The Morgan fingerprint density at radius 1 is 1.33 bits per heavy atom. The predicted molar refractivity (Wildman–Crippen MR) is 61.6 cm³/mol. The Kier molecular flexibility index (Phi) is 5.19. The number of para-hydroxylation sites is 1. The smallest absolute Gasteiger partial charge is 0.156 e. The summed E-state index contributed by atoms with van der Waals surface area (Å²) in [6.45, 7) is 0.557. The number of ether oxygens (including phenoxy) is 1. The van der Waals surface area contributed by atoms with E-state index in [1.165, 1.54) is 0 Å². The number of benzene rings is 1. The second kappa shape index (κ2) is 6.18. The van der Waals surface area contributed by atoms with Crippen molar-refractivity contribution in [2.75, 3.05) is 13.2 Å². The van der Waals surface area contributed by atoms with Gasteiger partial charge in [0.15, 0.2) is 5.75 Å². The van der Waals surface area contributed by atoms with Crippen LogP contribution in [-0.4, -0.2) is 24.4 Å². The molecule has 5 heteroatoms. The van der Waals surface area contributed by atoms with E-state index in [9.17, 15) is 5.11 Å². The number of nitrogens with two attached hydrogens (primary N) is 1. The van der Waals surface area contributed by atoms with Crippen LogP contribution in [0.4, 0.5) is 0 Å². The maximum atomic E-state index is 9.20. The van der Waals surface area contributed by atoms with Crippen LogP contribution < -0.4 is 10.5 Å². The zero-order chi connectivity index (χ0) is 11.3. The summed E-state index contributed by atoms with van der Waals surface area (Å²) in [7, 11) is 0. The van der Waals surface area contributed by atoms with Crippen molar-refractivity contribution in [2.45, 2.75) is 12.5 Å². The molecule has 3 nitrogen and oxygen atoms in total. The maximum Gasteiger partial charge on any atom is 0.156 e. The minimum absolute atomic E-state index is 0.222. The molecule has 0 bridgehead atoms. The van der Waals surface area contributed by atoms with Gasteiger partial charge in [0, 0.05) is 13.0 Å². The second-order valence-electron chi connectivity index (χ2n) is 3.08. The predicted octanol–water partition coefficient (Wildman–Crippen LogP) is 2.08. The van der Waals surface area contributed by atoms with Gasteiger partial charge in [-0.15, -0.1) is 0 Å². The third-order valence-electron chi connectivity index (χ3n) is 1.89. The number of aliphatic hydroxyl groups is 1. The molecule has 0 fully saturated rings. The lowest BCUT2D eigenvalue weighted by atomic mass is 10.3. The highest BCUT2D eigenvalue weighted by atomic mass is 35.5. The van der Waals surface area contributed by atoms with Crippen LogP contribution in [0.3, 0.4) is 0 Å². The molecule has 1 unspecified atom stereocenters. The number of halogens is 2. The molecule has 0 spiro atoms. The molecule has 0 aliphatic heterocycles. The number of hydrogen-bond donors (Lipinski definition) is 2. The lowest BCUT2D eigenvalue weighted by Crippen LogP contribution is -2.22. The molecule has 3 N–H and O–H groups in total. The second-order valence-corrected chi connectivity index (χ2v) is 3.89. The minimum atomic E-state index is -0.550. The van der Waals surface area contributed by atoms with E-state index in [2.05, 4.69) is 0 Å². The molecule has 0 heterocycles. The Balaban J connectivity index is 2.50. The van der Waals surface area contributed by atoms with Gasteiger partial charge in [0.05, 0.1) is 22.8 Å². The van der Waals surface area contributed by atoms with Gasteiger partial charge in [-0.3, -0.25) is 0 Å². The Morgan fingerprint density at radius 3 is 2.47 bits per heavy atom. The summed E-state index contributed by atoms with van der Waals surface area (Å²) in [5, 5.41) is 10.1. The highest BCUT2D eigenvalue weighted by molar-refractivity contribution is 6.37. The van der Waals surface area contributed by atoms with Crippen molar-refractivity contribution >= 4 is 23.2 Å². The van der Waals surface area contributed by atoms with E-state index in [1.54, 1.807) is 18.2 Å². The molecule has 1 atom stereocenters. The van der Waals surface area contributed by atoms with Crippen LogP contribution in [0.15, 0.2) is 18.2 Å². The lowest BCUT2D eigenvalue weighted by molar-refractivity contribution is 0.146. The molecule has 0 amide bonds.